The number of benzene rings is 3. The summed E-state index contributed by atoms with van der Waals surface area (Å²) in [4.78, 5) is 18.0. The number of ketones is 1. The predicted octanol–water partition coefficient (Wildman–Crippen LogP) is 4.86. The largest absolute Gasteiger partial charge is 0.297 e. The monoisotopic (exact) mass is 450 g/mol. The first kappa shape index (κ1) is 21.9. The molecule has 1 unspecified atom stereocenters. The summed E-state index contributed by atoms with van der Waals surface area (Å²) in [6.45, 7) is 5.04. The van der Waals surface area contributed by atoms with Gasteiger partial charge < -0.3 is 0 Å². The standard InChI is InChI=1S/C27H25F3N2O/c1-18-8-9-22(29)14-19(18)17-31-10-12-32(13-11-31)27(20-4-2-5-21(28)15-20)16-24-23(26(27)33)6-3-7-25(24)30/h2-9,14-15H,10-13,16-17H2,1H3. The van der Waals surface area contributed by atoms with E-state index in [1.54, 1.807) is 36.4 Å². The van der Waals surface area contributed by atoms with Crippen LogP contribution < -0.4 is 0 Å². The molecule has 1 saturated heterocycles. The molecule has 33 heavy (non-hydrogen) atoms. The molecule has 1 heterocycles. The van der Waals surface area contributed by atoms with E-state index in [0.717, 1.165) is 11.1 Å². The Morgan fingerprint density at radius 3 is 2.33 bits per heavy atom. The smallest absolute Gasteiger partial charge is 0.188 e. The van der Waals surface area contributed by atoms with Crippen LogP contribution in [-0.4, -0.2) is 41.8 Å². The highest BCUT2D eigenvalue weighted by molar-refractivity contribution is 6.08. The highest BCUT2D eigenvalue weighted by Gasteiger charge is 2.52. The fraction of sp³-hybridized carbons (Fsp3) is 0.296. The Bertz CT molecular complexity index is 1220. The zero-order valence-corrected chi connectivity index (χ0v) is 18.5. The van der Waals surface area contributed by atoms with E-state index in [1.165, 1.54) is 24.3 Å². The summed E-state index contributed by atoms with van der Waals surface area (Å²) in [6.07, 6.45) is 0.181. The average molecular weight is 451 g/mol. The molecule has 0 N–H and O–H groups in total. The lowest BCUT2D eigenvalue weighted by Crippen LogP contribution is -2.58. The van der Waals surface area contributed by atoms with Crippen LogP contribution in [0.5, 0.6) is 0 Å². The molecule has 0 radical (unpaired) electrons. The van der Waals surface area contributed by atoms with Crippen molar-refractivity contribution in [1.29, 1.82) is 0 Å². The molecule has 5 rings (SSSR count). The second kappa shape index (κ2) is 8.43. The molecule has 1 aliphatic carbocycles. The van der Waals surface area contributed by atoms with Crippen LogP contribution in [0.3, 0.4) is 0 Å². The molecule has 0 saturated carbocycles. The number of hydrogen-bond donors (Lipinski definition) is 0. The van der Waals surface area contributed by atoms with Gasteiger partial charge in [-0.2, -0.15) is 0 Å². The van der Waals surface area contributed by atoms with E-state index in [4.69, 9.17) is 0 Å². The van der Waals surface area contributed by atoms with E-state index in [2.05, 4.69) is 9.80 Å². The lowest BCUT2D eigenvalue weighted by molar-refractivity contribution is 0.0285. The van der Waals surface area contributed by atoms with E-state index in [9.17, 15) is 18.0 Å². The third kappa shape index (κ3) is 3.77. The molecule has 1 fully saturated rings. The number of carbonyl (C=O) groups excluding carboxylic acids is 1. The molecule has 0 aromatic heterocycles. The number of aryl methyl sites for hydroxylation is 1. The summed E-state index contributed by atoms with van der Waals surface area (Å²) in [7, 11) is 0. The number of nitrogens with zero attached hydrogens (tertiary/aromatic N) is 2. The van der Waals surface area contributed by atoms with Crippen LogP contribution in [0.15, 0.2) is 60.7 Å². The van der Waals surface area contributed by atoms with E-state index in [0.29, 0.717) is 49.4 Å². The molecular weight excluding hydrogens is 425 g/mol. The molecule has 0 amide bonds. The molecule has 170 valence electrons. The van der Waals surface area contributed by atoms with Gasteiger partial charge in [-0.05, 0) is 53.9 Å². The van der Waals surface area contributed by atoms with Crippen molar-refractivity contribution < 1.29 is 18.0 Å². The first-order valence-corrected chi connectivity index (χ1v) is 11.2. The second-order valence-corrected chi connectivity index (χ2v) is 8.98. The van der Waals surface area contributed by atoms with Crippen LogP contribution in [0.4, 0.5) is 13.2 Å². The van der Waals surface area contributed by atoms with Crippen molar-refractivity contribution >= 4 is 5.78 Å². The third-order valence-corrected chi connectivity index (χ3v) is 7.09. The number of hydrogen-bond acceptors (Lipinski definition) is 3. The molecule has 1 atom stereocenters. The van der Waals surface area contributed by atoms with Crippen molar-refractivity contribution in [1.82, 2.24) is 9.80 Å². The summed E-state index contributed by atoms with van der Waals surface area (Å²) in [5.41, 5.74) is 2.16. The maximum absolute atomic E-state index is 14.7. The zero-order chi connectivity index (χ0) is 23.2. The van der Waals surface area contributed by atoms with Crippen molar-refractivity contribution in [2.75, 3.05) is 26.2 Å². The van der Waals surface area contributed by atoms with Crippen molar-refractivity contribution in [3.05, 3.63) is 106 Å². The molecular formula is C27H25F3N2O. The normalized spacial score (nSPS) is 21.4. The number of rotatable bonds is 4. The Balaban J connectivity index is 1.44. The van der Waals surface area contributed by atoms with Crippen LogP contribution in [0.1, 0.15) is 32.6 Å². The number of piperazine rings is 1. The van der Waals surface area contributed by atoms with Crippen LogP contribution >= 0.6 is 0 Å². The number of fused-ring (bicyclic) bond motifs is 1. The zero-order valence-electron chi connectivity index (χ0n) is 18.5. The van der Waals surface area contributed by atoms with Crippen LogP contribution in [0, 0.1) is 24.4 Å². The summed E-state index contributed by atoms with van der Waals surface area (Å²) in [5.74, 6) is -1.26. The molecule has 1 aliphatic heterocycles. The van der Waals surface area contributed by atoms with Gasteiger partial charge in [-0.15, -0.1) is 0 Å². The Labute approximate surface area is 191 Å². The van der Waals surface area contributed by atoms with Gasteiger partial charge in [0, 0.05) is 50.3 Å². The minimum absolute atomic E-state index is 0.181. The van der Waals surface area contributed by atoms with Crippen LogP contribution in [0.25, 0.3) is 0 Å². The quantitative estimate of drug-likeness (QED) is 0.567. The van der Waals surface area contributed by atoms with Gasteiger partial charge in [0.05, 0.1) is 0 Å². The fourth-order valence-electron chi connectivity index (χ4n) is 5.27. The Morgan fingerprint density at radius 1 is 0.879 bits per heavy atom. The maximum Gasteiger partial charge on any atom is 0.188 e. The van der Waals surface area contributed by atoms with Gasteiger partial charge >= 0.3 is 0 Å². The number of carbonyl (C=O) groups is 1. The number of Topliss-reactive ketones (excluding diaryl/α,β-unsaturated/α-hetero) is 1. The lowest BCUT2D eigenvalue weighted by Gasteiger charge is -2.45. The van der Waals surface area contributed by atoms with Gasteiger partial charge in [-0.3, -0.25) is 14.6 Å². The van der Waals surface area contributed by atoms with E-state index >= 15 is 0 Å². The minimum atomic E-state index is -1.13. The predicted molar refractivity (Wildman–Crippen MR) is 120 cm³/mol. The SMILES string of the molecule is Cc1ccc(F)cc1CN1CCN(C2(c3cccc(F)c3)Cc3c(F)cccc3C2=O)CC1. The first-order chi connectivity index (χ1) is 15.9. The van der Waals surface area contributed by atoms with Crippen LogP contribution in [-0.2, 0) is 18.5 Å². The second-order valence-electron chi connectivity index (χ2n) is 8.98. The Kier molecular flexibility index (Phi) is 5.59. The number of halogens is 3. The van der Waals surface area contributed by atoms with Gasteiger partial charge in [0.15, 0.2) is 5.78 Å². The minimum Gasteiger partial charge on any atom is -0.297 e. The molecule has 3 aromatic carbocycles. The van der Waals surface area contributed by atoms with Gasteiger partial charge in [-0.25, -0.2) is 13.2 Å². The molecule has 0 bridgehead atoms. The summed E-state index contributed by atoms with van der Waals surface area (Å²) >= 11 is 0. The van der Waals surface area contributed by atoms with E-state index in [1.807, 2.05) is 6.92 Å². The highest BCUT2D eigenvalue weighted by Crippen LogP contribution is 2.44. The molecule has 3 aromatic rings. The molecule has 6 heteroatoms. The van der Waals surface area contributed by atoms with Gasteiger partial charge in [-0.1, -0.05) is 30.3 Å². The van der Waals surface area contributed by atoms with Gasteiger partial charge in [0.2, 0.25) is 0 Å². The van der Waals surface area contributed by atoms with Crippen molar-refractivity contribution in [2.45, 2.75) is 25.4 Å². The van der Waals surface area contributed by atoms with Crippen molar-refractivity contribution in [3.63, 3.8) is 0 Å². The summed E-state index contributed by atoms with van der Waals surface area (Å²) in [5, 5.41) is 0. The highest BCUT2D eigenvalue weighted by atomic mass is 19.1. The van der Waals surface area contributed by atoms with Crippen molar-refractivity contribution in [3.8, 4) is 0 Å². The Hall–Kier alpha value is -2.96. The van der Waals surface area contributed by atoms with Gasteiger partial charge in [0.1, 0.15) is 23.0 Å². The van der Waals surface area contributed by atoms with E-state index < -0.39 is 17.2 Å². The first-order valence-electron chi connectivity index (χ1n) is 11.2. The molecule has 0 spiro atoms. The molecule has 2 aliphatic rings. The molecule has 3 nitrogen and oxygen atoms in total. The van der Waals surface area contributed by atoms with E-state index in [-0.39, 0.29) is 18.0 Å². The topological polar surface area (TPSA) is 23.6 Å². The Morgan fingerprint density at radius 2 is 1.61 bits per heavy atom. The summed E-state index contributed by atoms with van der Waals surface area (Å²) < 4.78 is 42.6. The summed E-state index contributed by atoms with van der Waals surface area (Å²) in [6, 6.07) is 15.5. The van der Waals surface area contributed by atoms with Crippen molar-refractivity contribution in [2.24, 2.45) is 0 Å². The lowest BCUT2D eigenvalue weighted by atomic mass is 9.83. The third-order valence-electron chi connectivity index (χ3n) is 7.09. The van der Waals surface area contributed by atoms with Crippen LogP contribution in [0.2, 0.25) is 0 Å². The fourth-order valence-corrected chi connectivity index (χ4v) is 5.27. The maximum atomic E-state index is 14.7. The van der Waals surface area contributed by atoms with Gasteiger partial charge in [0.25, 0.3) is 0 Å². The average Bonchev–Trinajstić information content (AvgIpc) is 3.12.